The maximum Gasteiger partial charge on any atom is 0.311 e. The van der Waals surface area contributed by atoms with Gasteiger partial charge >= 0.3 is 11.9 Å². The number of ether oxygens (including phenoxy) is 2. The number of halogens is 5. The second kappa shape index (κ2) is 8.30. The smallest absolute Gasteiger partial charge is 0.311 e. The van der Waals surface area contributed by atoms with Crippen LogP contribution < -0.4 is 4.74 Å². The third kappa shape index (κ3) is 4.80. The Balaban J connectivity index is 2.84. The summed E-state index contributed by atoms with van der Waals surface area (Å²) >= 11 is 29.3. The van der Waals surface area contributed by atoms with Crippen LogP contribution in [0.3, 0.4) is 0 Å². The van der Waals surface area contributed by atoms with Crippen molar-refractivity contribution >= 4 is 69.9 Å². The molecular weight excluding hydrogens is 385 g/mol. The van der Waals surface area contributed by atoms with Crippen LogP contribution in [0.2, 0.25) is 25.1 Å². The summed E-state index contributed by atoms with van der Waals surface area (Å²) in [6.07, 6.45) is -0.333. The molecule has 0 atom stereocenters. The fourth-order valence-corrected chi connectivity index (χ4v) is 2.47. The number of hydrogen-bond donors (Lipinski definition) is 0. The predicted molar refractivity (Wildman–Crippen MR) is 83.0 cm³/mol. The fourth-order valence-electron chi connectivity index (χ4n) is 1.28. The highest BCUT2D eigenvalue weighted by molar-refractivity contribution is 6.55. The number of rotatable bonds is 5. The van der Waals surface area contributed by atoms with E-state index in [0.29, 0.717) is 0 Å². The summed E-state index contributed by atoms with van der Waals surface area (Å²) in [5, 5.41) is -0.484. The molecule has 0 amide bonds. The highest BCUT2D eigenvalue weighted by Crippen LogP contribution is 2.48. The van der Waals surface area contributed by atoms with Gasteiger partial charge in [0.25, 0.3) is 0 Å². The fraction of sp³-hybridized carbons (Fsp3) is 0.333. The third-order valence-corrected chi connectivity index (χ3v) is 4.47. The van der Waals surface area contributed by atoms with E-state index in [0.717, 1.165) is 0 Å². The van der Waals surface area contributed by atoms with Gasteiger partial charge in [0.2, 0.25) is 0 Å². The van der Waals surface area contributed by atoms with Crippen molar-refractivity contribution in [3.8, 4) is 5.75 Å². The molecule has 116 valence electrons. The van der Waals surface area contributed by atoms with Crippen molar-refractivity contribution in [2.75, 3.05) is 6.61 Å². The number of carbonyl (C=O) groups is 2. The van der Waals surface area contributed by atoms with Crippen LogP contribution in [-0.2, 0) is 14.3 Å². The molecule has 0 N–H and O–H groups in total. The molecule has 0 fully saturated rings. The van der Waals surface area contributed by atoms with Crippen LogP contribution in [0.1, 0.15) is 19.8 Å². The van der Waals surface area contributed by atoms with Gasteiger partial charge in [-0.25, -0.2) is 0 Å². The van der Waals surface area contributed by atoms with Crippen molar-refractivity contribution in [3.05, 3.63) is 25.1 Å². The molecule has 0 heterocycles. The molecule has 21 heavy (non-hydrogen) atoms. The van der Waals surface area contributed by atoms with Crippen molar-refractivity contribution in [2.24, 2.45) is 0 Å². The van der Waals surface area contributed by atoms with E-state index in [4.69, 9.17) is 62.7 Å². The number of carbonyl (C=O) groups excluding carboxylic acids is 2. The highest BCUT2D eigenvalue weighted by Gasteiger charge is 2.22. The SMILES string of the molecule is CCOC(=O)CCC(=O)Oc1c(Cl)c(Cl)c(Cl)c(Cl)c1Cl. The maximum absolute atomic E-state index is 11.7. The summed E-state index contributed by atoms with van der Waals surface area (Å²) < 4.78 is 9.67. The molecule has 1 rings (SSSR count). The number of benzene rings is 1. The van der Waals surface area contributed by atoms with Gasteiger partial charge in [-0.2, -0.15) is 0 Å². The van der Waals surface area contributed by atoms with E-state index in [-0.39, 0.29) is 50.3 Å². The lowest BCUT2D eigenvalue weighted by Crippen LogP contribution is -2.13. The van der Waals surface area contributed by atoms with E-state index in [1.165, 1.54) is 0 Å². The normalized spacial score (nSPS) is 10.4. The molecule has 4 nitrogen and oxygen atoms in total. The van der Waals surface area contributed by atoms with Crippen LogP contribution in [0.5, 0.6) is 5.75 Å². The third-order valence-electron chi connectivity index (χ3n) is 2.22. The van der Waals surface area contributed by atoms with Gasteiger partial charge in [0, 0.05) is 0 Å². The van der Waals surface area contributed by atoms with E-state index < -0.39 is 11.9 Å². The van der Waals surface area contributed by atoms with Crippen molar-refractivity contribution in [1.29, 1.82) is 0 Å². The Bertz CT molecular complexity index is 544. The Morgan fingerprint density at radius 3 is 1.71 bits per heavy atom. The van der Waals surface area contributed by atoms with E-state index in [2.05, 4.69) is 4.74 Å². The van der Waals surface area contributed by atoms with Crippen LogP contribution in [0.15, 0.2) is 0 Å². The molecule has 1 aromatic rings. The Hall–Kier alpha value is -0.390. The molecule has 0 spiro atoms. The highest BCUT2D eigenvalue weighted by atomic mass is 35.5. The van der Waals surface area contributed by atoms with E-state index in [9.17, 15) is 9.59 Å². The van der Waals surface area contributed by atoms with E-state index in [1.807, 2.05) is 0 Å². The Labute approximate surface area is 146 Å². The molecule has 0 aliphatic heterocycles. The molecule has 1 aromatic carbocycles. The minimum absolute atomic E-state index is 0.0420. The van der Waals surface area contributed by atoms with Gasteiger partial charge in [0.15, 0.2) is 5.75 Å². The van der Waals surface area contributed by atoms with Gasteiger partial charge in [-0.05, 0) is 6.92 Å². The maximum atomic E-state index is 11.7. The first kappa shape index (κ1) is 18.7. The minimum atomic E-state index is -0.735. The second-order valence-corrected chi connectivity index (χ2v) is 5.57. The second-order valence-electron chi connectivity index (χ2n) is 3.68. The lowest BCUT2D eigenvalue weighted by atomic mass is 10.3. The standard InChI is InChI=1S/C12H9Cl5O4/c1-2-20-5(18)3-4-6(19)21-12-10(16)8(14)7(13)9(15)11(12)17/h2-4H2,1H3. The first-order valence-electron chi connectivity index (χ1n) is 5.67. The van der Waals surface area contributed by atoms with Crippen LogP contribution in [0.4, 0.5) is 0 Å². The molecular formula is C12H9Cl5O4. The summed E-state index contributed by atoms with van der Waals surface area (Å²) in [7, 11) is 0. The average molecular weight is 394 g/mol. The molecule has 0 aromatic heterocycles. The zero-order chi connectivity index (χ0) is 16.2. The molecule has 9 heteroatoms. The van der Waals surface area contributed by atoms with Crippen molar-refractivity contribution in [2.45, 2.75) is 19.8 Å². The van der Waals surface area contributed by atoms with E-state index >= 15 is 0 Å². The Morgan fingerprint density at radius 2 is 1.24 bits per heavy atom. The molecule has 0 saturated carbocycles. The van der Waals surface area contributed by atoms with Crippen LogP contribution >= 0.6 is 58.0 Å². The van der Waals surface area contributed by atoms with Crippen LogP contribution in [0.25, 0.3) is 0 Å². The monoisotopic (exact) mass is 392 g/mol. The summed E-state index contributed by atoms with van der Waals surface area (Å²) in [5.41, 5.74) is 0. The van der Waals surface area contributed by atoms with Gasteiger partial charge in [-0.1, -0.05) is 58.0 Å². The largest absolute Gasteiger partial charge is 0.466 e. The summed E-state index contributed by atoms with van der Waals surface area (Å²) in [6, 6.07) is 0. The first-order valence-corrected chi connectivity index (χ1v) is 7.56. The molecule has 0 bridgehead atoms. The average Bonchev–Trinajstić information content (AvgIpc) is 2.46. The van der Waals surface area contributed by atoms with Gasteiger partial charge in [0.05, 0.1) is 34.5 Å². The Kier molecular flexibility index (Phi) is 7.37. The summed E-state index contributed by atoms with van der Waals surface area (Å²) in [4.78, 5) is 22.8. The lowest BCUT2D eigenvalue weighted by Gasteiger charge is -2.12. The zero-order valence-corrected chi connectivity index (χ0v) is 14.4. The summed E-state index contributed by atoms with van der Waals surface area (Å²) in [6.45, 7) is 1.89. The Morgan fingerprint density at radius 1 is 0.810 bits per heavy atom. The first-order chi connectivity index (χ1) is 9.79. The molecule has 0 aliphatic carbocycles. The topological polar surface area (TPSA) is 52.6 Å². The van der Waals surface area contributed by atoms with Crippen LogP contribution in [0, 0.1) is 0 Å². The quantitative estimate of drug-likeness (QED) is 0.298. The van der Waals surface area contributed by atoms with Gasteiger partial charge in [-0.15, -0.1) is 0 Å². The van der Waals surface area contributed by atoms with E-state index in [1.54, 1.807) is 6.92 Å². The molecule has 0 radical (unpaired) electrons. The van der Waals surface area contributed by atoms with Gasteiger partial charge in [0.1, 0.15) is 10.0 Å². The summed E-state index contributed by atoms with van der Waals surface area (Å²) in [5.74, 6) is -1.45. The van der Waals surface area contributed by atoms with Crippen molar-refractivity contribution in [1.82, 2.24) is 0 Å². The van der Waals surface area contributed by atoms with Gasteiger partial charge < -0.3 is 9.47 Å². The number of hydrogen-bond acceptors (Lipinski definition) is 4. The predicted octanol–water partition coefficient (Wildman–Crippen LogP) is 5.20. The van der Waals surface area contributed by atoms with Gasteiger partial charge in [-0.3, -0.25) is 9.59 Å². The number of esters is 2. The van der Waals surface area contributed by atoms with Crippen molar-refractivity contribution in [3.63, 3.8) is 0 Å². The molecule has 0 aliphatic rings. The molecule has 0 unspecified atom stereocenters. The molecule has 0 saturated heterocycles. The zero-order valence-electron chi connectivity index (χ0n) is 10.6. The van der Waals surface area contributed by atoms with Crippen molar-refractivity contribution < 1.29 is 19.1 Å². The minimum Gasteiger partial charge on any atom is -0.466 e. The van der Waals surface area contributed by atoms with Crippen LogP contribution in [-0.4, -0.2) is 18.5 Å². The lowest BCUT2D eigenvalue weighted by molar-refractivity contribution is -0.146.